The molecule has 0 aliphatic rings. The van der Waals surface area contributed by atoms with Crippen LogP contribution in [0.1, 0.15) is 0 Å². The molecular weight excluding hydrogens is 109 g/mol. The molecule has 0 aliphatic heterocycles. The Morgan fingerprint density at radius 2 is 1.71 bits per heavy atom. The summed E-state index contributed by atoms with van der Waals surface area (Å²) in [6.45, 7) is 0. The zero-order chi connectivity index (χ0) is 5.91. The topological polar surface area (TPSA) is 20.2 Å². The fourth-order valence-corrected chi connectivity index (χ4v) is 0.0845. The van der Waals surface area contributed by atoms with Crippen LogP contribution in [0.15, 0.2) is 12.3 Å². The molecule has 0 aromatic carbocycles. The van der Waals surface area contributed by atoms with Gasteiger partial charge < -0.3 is 5.11 Å². The van der Waals surface area contributed by atoms with Gasteiger partial charge in [-0.05, 0) is 0 Å². The van der Waals surface area contributed by atoms with Crippen LogP contribution >= 0.6 is 0 Å². The first-order valence-corrected chi connectivity index (χ1v) is 1.45. The first-order chi connectivity index (χ1) is 3.06. The predicted octanol–water partition coefficient (Wildman–Crippen LogP) is 1.62. The van der Waals surface area contributed by atoms with Crippen molar-refractivity contribution in [3.63, 3.8) is 0 Å². The maximum absolute atomic E-state index is 10.8. The van der Waals surface area contributed by atoms with Crippen molar-refractivity contribution < 1.29 is 18.3 Å². The lowest BCUT2D eigenvalue weighted by Gasteiger charge is -1.92. The van der Waals surface area contributed by atoms with E-state index in [4.69, 9.17) is 5.11 Å². The van der Waals surface area contributed by atoms with Crippen molar-refractivity contribution in [3.8, 4) is 0 Å². The molecular formula is C3H3F3O. The Labute approximate surface area is 38.1 Å². The Kier molecular flexibility index (Phi) is 1.68. The smallest absolute Gasteiger partial charge is 0.412 e. The highest BCUT2D eigenvalue weighted by Gasteiger charge is 2.21. The number of aliphatic hydroxyl groups excluding tert-OH is 1. The second-order valence-electron chi connectivity index (χ2n) is 0.857. The Bertz CT molecular complexity index is 72.7. The van der Waals surface area contributed by atoms with E-state index < -0.39 is 6.18 Å². The average Bonchev–Trinajstić information content (AvgIpc) is 1.30. The number of alkyl halides is 3. The highest BCUT2D eigenvalue weighted by molar-refractivity contribution is 4.80. The van der Waals surface area contributed by atoms with Gasteiger partial charge in [0.15, 0.2) is 0 Å². The Morgan fingerprint density at radius 1 is 1.29 bits per heavy atom. The van der Waals surface area contributed by atoms with E-state index in [0.29, 0.717) is 0 Å². The van der Waals surface area contributed by atoms with Gasteiger partial charge in [-0.1, -0.05) is 0 Å². The number of halogens is 3. The number of hydrogen-bond acceptors (Lipinski definition) is 1. The molecule has 0 aromatic heterocycles. The summed E-state index contributed by atoms with van der Waals surface area (Å²) >= 11 is 0. The van der Waals surface area contributed by atoms with Crippen LogP contribution in [0.25, 0.3) is 0 Å². The van der Waals surface area contributed by atoms with Crippen molar-refractivity contribution >= 4 is 0 Å². The Morgan fingerprint density at radius 3 is 1.71 bits per heavy atom. The van der Waals surface area contributed by atoms with Crippen LogP contribution in [0.4, 0.5) is 13.2 Å². The molecule has 1 nitrogen and oxygen atoms in total. The third-order valence-corrected chi connectivity index (χ3v) is 0.264. The summed E-state index contributed by atoms with van der Waals surface area (Å²) in [6, 6.07) is 0. The molecule has 1 N–H and O–H groups in total. The Hall–Kier alpha value is -0.670. The lowest BCUT2D eigenvalue weighted by atomic mass is 10.6. The highest BCUT2D eigenvalue weighted by Crippen LogP contribution is 2.14. The molecule has 4 heteroatoms. The summed E-state index contributed by atoms with van der Waals surface area (Å²) in [5, 5.41) is 7.50. The average molecular weight is 112 g/mol. The largest absolute Gasteiger partial charge is 0.516 e. The third-order valence-electron chi connectivity index (χ3n) is 0.264. The minimum atomic E-state index is -4.38. The molecule has 0 aromatic rings. The normalized spacial score (nSPS) is 13.0. The Balaban J connectivity index is 3.56. The number of hydrogen-bond donors (Lipinski definition) is 1. The summed E-state index contributed by atoms with van der Waals surface area (Å²) < 4.78 is 32.4. The zero-order valence-corrected chi connectivity index (χ0v) is 3.24. The molecule has 0 amide bonds. The van der Waals surface area contributed by atoms with E-state index in [1.807, 2.05) is 0 Å². The number of aliphatic hydroxyl groups is 1. The maximum atomic E-state index is 10.8. The van der Waals surface area contributed by atoms with Gasteiger partial charge in [0.1, 0.15) is 0 Å². The van der Waals surface area contributed by atoms with E-state index >= 15 is 0 Å². The zero-order valence-electron chi connectivity index (χ0n) is 3.24. The van der Waals surface area contributed by atoms with Crippen LogP contribution < -0.4 is 0 Å². The van der Waals surface area contributed by atoms with Gasteiger partial charge >= 0.3 is 6.18 Å². The molecule has 0 aliphatic carbocycles. The van der Waals surface area contributed by atoms with E-state index in [9.17, 15) is 13.2 Å². The van der Waals surface area contributed by atoms with Gasteiger partial charge in [0, 0.05) is 0 Å². The molecule has 0 spiro atoms. The lowest BCUT2D eigenvalue weighted by Crippen LogP contribution is -1.99. The van der Waals surface area contributed by atoms with Crippen molar-refractivity contribution in [1.29, 1.82) is 0 Å². The second kappa shape index (κ2) is 1.86. The lowest BCUT2D eigenvalue weighted by molar-refractivity contribution is -0.0810. The molecule has 0 unspecified atom stereocenters. The van der Waals surface area contributed by atoms with Gasteiger partial charge in [0.2, 0.25) is 0 Å². The fraction of sp³-hybridized carbons (Fsp3) is 0.333. The van der Waals surface area contributed by atoms with Crippen molar-refractivity contribution in [2.24, 2.45) is 0 Å². The van der Waals surface area contributed by atoms with Crippen LogP contribution in [0, 0.1) is 0 Å². The van der Waals surface area contributed by atoms with E-state index in [1.165, 1.54) is 0 Å². The number of rotatable bonds is 0. The van der Waals surface area contributed by atoms with Crippen molar-refractivity contribution in [2.45, 2.75) is 6.18 Å². The maximum Gasteiger partial charge on any atom is 0.412 e. The predicted molar refractivity (Wildman–Crippen MR) is 17.8 cm³/mol. The van der Waals surface area contributed by atoms with Crippen LogP contribution in [0.5, 0.6) is 0 Å². The van der Waals surface area contributed by atoms with Crippen LogP contribution in [0.3, 0.4) is 0 Å². The van der Waals surface area contributed by atoms with E-state index in [-0.39, 0.29) is 12.3 Å². The van der Waals surface area contributed by atoms with Crippen LogP contribution in [0.2, 0.25) is 0 Å². The molecule has 0 saturated heterocycles. The van der Waals surface area contributed by atoms with Gasteiger partial charge in [0.05, 0.1) is 12.3 Å². The third kappa shape index (κ3) is 5.33. The molecule has 0 bridgehead atoms. The molecule has 0 atom stereocenters. The second-order valence-corrected chi connectivity index (χ2v) is 0.857. The monoisotopic (exact) mass is 112 g/mol. The first kappa shape index (κ1) is 6.33. The summed E-state index contributed by atoms with van der Waals surface area (Å²) in [5.74, 6) is 0. The minimum Gasteiger partial charge on any atom is -0.516 e. The van der Waals surface area contributed by atoms with Crippen molar-refractivity contribution in [1.82, 2.24) is 0 Å². The molecule has 42 valence electrons. The number of allylic oxidation sites excluding steroid dienone is 1. The van der Waals surface area contributed by atoms with Crippen molar-refractivity contribution in [3.05, 3.63) is 12.3 Å². The highest BCUT2D eigenvalue weighted by atomic mass is 19.4. The van der Waals surface area contributed by atoms with Gasteiger partial charge in [-0.3, -0.25) is 0 Å². The van der Waals surface area contributed by atoms with Crippen LogP contribution in [-0.4, -0.2) is 11.3 Å². The van der Waals surface area contributed by atoms with E-state index in [1.54, 1.807) is 0 Å². The van der Waals surface area contributed by atoms with E-state index in [0.717, 1.165) is 0 Å². The fourth-order valence-electron chi connectivity index (χ4n) is 0.0845. The van der Waals surface area contributed by atoms with Gasteiger partial charge in [-0.15, -0.1) is 0 Å². The minimum absolute atomic E-state index is 0.0417. The SMILES string of the molecule is OC=CC(F)(F)F. The summed E-state index contributed by atoms with van der Waals surface area (Å²) in [4.78, 5) is 0. The van der Waals surface area contributed by atoms with Crippen molar-refractivity contribution in [2.75, 3.05) is 0 Å². The standard InChI is InChI=1S/C3H3F3O/c4-3(5,6)1-2-7/h1-2,7H. The summed E-state index contributed by atoms with van der Waals surface area (Å²) in [5.41, 5.74) is 0. The molecule has 0 radical (unpaired) electrons. The van der Waals surface area contributed by atoms with E-state index in [2.05, 4.69) is 0 Å². The first-order valence-electron chi connectivity index (χ1n) is 1.45. The molecule has 0 rings (SSSR count). The van der Waals surface area contributed by atoms with Gasteiger partial charge in [-0.25, -0.2) is 0 Å². The summed E-state index contributed by atoms with van der Waals surface area (Å²) in [7, 11) is 0. The quantitative estimate of drug-likeness (QED) is 0.472. The molecule has 0 saturated carbocycles. The van der Waals surface area contributed by atoms with Gasteiger partial charge in [-0.2, -0.15) is 13.2 Å². The molecule has 0 heterocycles. The van der Waals surface area contributed by atoms with Crippen LogP contribution in [-0.2, 0) is 0 Å². The molecule has 7 heavy (non-hydrogen) atoms. The summed E-state index contributed by atoms with van der Waals surface area (Å²) in [6.07, 6.45) is -4.68. The van der Waals surface area contributed by atoms with Gasteiger partial charge in [0.25, 0.3) is 0 Å². The molecule has 0 fully saturated rings.